The molecule has 1 N–H and O–H groups in total. The van der Waals surface area contributed by atoms with Crippen LogP contribution in [0.2, 0.25) is 0 Å². The van der Waals surface area contributed by atoms with E-state index >= 15 is 0 Å². The monoisotopic (exact) mass is 882 g/mol. The molecule has 0 fully saturated rings. The van der Waals surface area contributed by atoms with E-state index in [1.54, 1.807) is 0 Å². The average molecular weight is 882 g/mol. The van der Waals surface area contributed by atoms with E-state index in [9.17, 15) is 9.90 Å². The van der Waals surface area contributed by atoms with E-state index < -0.39 is 0 Å². The van der Waals surface area contributed by atoms with Gasteiger partial charge in [-0.25, -0.2) is 0 Å². The quantitative estimate of drug-likeness (QED) is 0.0815. The molecule has 0 amide bonds. The van der Waals surface area contributed by atoms with Gasteiger partial charge in [0.25, 0.3) is 0 Å². The van der Waals surface area contributed by atoms with Gasteiger partial charge in [0, 0.05) is 65.5 Å². The number of benzene rings is 2. The predicted octanol–water partition coefficient (Wildman–Crippen LogP) is 13.1. The number of hydrogen-bond donors (Lipinski definition) is 1. The number of aromatic nitrogens is 2. The van der Waals surface area contributed by atoms with Crippen molar-refractivity contribution in [3.8, 4) is 22.4 Å². The number of aliphatic hydroxyl groups excluding tert-OH is 1. The number of rotatable bonds is 11. The van der Waals surface area contributed by atoms with Gasteiger partial charge in [-0.3, -0.25) is 14.8 Å². The van der Waals surface area contributed by atoms with Crippen molar-refractivity contribution < 1.29 is 30.0 Å². The molecule has 0 bridgehead atoms. The van der Waals surface area contributed by atoms with E-state index in [0.29, 0.717) is 5.92 Å². The second-order valence-corrected chi connectivity index (χ2v) is 16.8. The maximum absolute atomic E-state index is 12.2. The first kappa shape index (κ1) is 42.2. The second-order valence-electron chi connectivity index (χ2n) is 15.7. The summed E-state index contributed by atoms with van der Waals surface area (Å²) in [7, 11) is 0. The van der Waals surface area contributed by atoms with Gasteiger partial charge in [-0.2, -0.15) is 0 Å². The molecule has 3 aromatic heterocycles. The van der Waals surface area contributed by atoms with E-state index in [2.05, 4.69) is 95.3 Å². The van der Waals surface area contributed by atoms with E-state index in [-0.39, 0.29) is 47.9 Å². The number of hydrogen-bond acceptors (Lipinski definition) is 5. The van der Waals surface area contributed by atoms with Crippen LogP contribution in [-0.2, 0) is 36.7 Å². The Morgan fingerprint density at radius 3 is 2.12 bits per heavy atom. The van der Waals surface area contributed by atoms with Gasteiger partial charge in [0.15, 0.2) is 5.78 Å². The van der Waals surface area contributed by atoms with Crippen molar-refractivity contribution in [3.63, 3.8) is 0 Å². The molecule has 0 aliphatic carbocycles. The molecule has 275 valence electrons. The van der Waals surface area contributed by atoms with Gasteiger partial charge in [0.05, 0.1) is 10.2 Å². The Balaban J connectivity index is 0.000000335. The maximum Gasteiger partial charge on any atom is 0.164 e. The van der Waals surface area contributed by atoms with Crippen LogP contribution in [0.25, 0.3) is 43.4 Å². The third kappa shape index (κ3) is 10.0. The third-order valence-electron chi connectivity index (χ3n) is 10.6. The fraction of sp³-hybridized carbons (Fsp3) is 0.444. The van der Waals surface area contributed by atoms with Gasteiger partial charge in [-0.1, -0.05) is 111 Å². The Morgan fingerprint density at radius 1 is 0.863 bits per heavy atom. The summed E-state index contributed by atoms with van der Waals surface area (Å²) < 4.78 is 1.24. The van der Waals surface area contributed by atoms with E-state index in [1.807, 2.05) is 65.3 Å². The number of allylic oxidation sites excluding steroid dienone is 2. The fourth-order valence-electron chi connectivity index (χ4n) is 6.06. The Morgan fingerprint density at radius 2 is 1.51 bits per heavy atom. The van der Waals surface area contributed by atoms with Gasteiger partial charge in [0.1, 0.15) is 5.76 Å². The summed E-state index contributed by atoms with van der Waals surface area (Å²) in [6, 6.07) is 23.1. The molecule has 5 aromatic rings. The molecule has 0 aliphatic heterocycles. The van der Waals surface area contributed by atoms with Crippen LogP contribution in [0.1, 0.15) is 112 Å². The molecule has 3 heterocycles. The average Bonchev–Trinajstić information content (AvgIpc) is 3.51. The molecule has 1 radical (unpaired) electrons. The van der Waals surface area contributed by atoms with Crippen LogP contribution in [0.5, 0.6) is 0 Å². The van der Waals surface area contributed by atoms with Crippen molar-refractivity contribution in [2.75, 3.05) is 0 Å². The molecule has 0 saturated carbocycles. The molecule has 0 saturated heterocycles. The van der Waals surface area contributed by atoms with Crippen molar-refractivity contribution >= 4 is 38.1 Å². The summed E-state index contributed by atoms with van der Waals surface area (Å²) >= 11 is 1.86. The number of fused-ring (bicyclic) bond motifs is 2. The van der Waals surface area contributed by atoms with Gasteiger partial charge in [-0.15, -0.1) is 40.5 Å². The predicted molar refractivity (Wildman–Crippen MR) is 215 cm³/mol. The van der Waals surface area contributed by atoms with Crippen molar-refractivity contribution in [1.29, 1.82) is 0 Å². The third-order valence-corrected chi connectivity index (χ3v) is 11.7. The molecule has 51 heavy (non-hydrogen) atoms. The van der Waals surface area contributed by atoms with Gasteiger partial charge >= 0.3 is 0 Å². The number of nitrogens with zero attached hydrogens (tertiary/aromatic N) is 2. The Bertz CT molecular complexity index is 1960. The number of carbonyl (C=O) groups excluding carboxylic acids is 1. The molecule has 0 spiro atoms. The van der Waals surface area contributed by atoms with E-state index in [1.165, 1.54) is 26.6 Å². The fourth-order valence-corrected chi connectivity index (χ4v) is 7.33. The smallest absolute Gasteiger partial charge is 0.164 e. The Kier molecular flexibility index (Phi) is 14.5. The van der Waals surface area contributed by atoms with E-state index in [0.717, 1.165) is 65.4 Å². The molecule has 6 heteroatoms. The number of aliphatic hydroxyl groups is 1. The molecular formula is C45H57IrN2O2S-. The standard InChI is InChI=1S/C30H29N2S.C15H28O2.Ir/c1-19(2)12-24-17-28-29(33-24)16-23(18-32-28)20-10-11-31-27(15-20)22-13-21-8-6-7-9-25(21)26(14-22)30(3,4)5;1-7-14(5,8-2)12(16)11-13(17)15(6,9-3)10-4;/h6-11,14-19H,12H2,1-5H3;11,16H,7-10H2,1-6H3;/q-1;;/b;12-11-;. The zero-order valence-corrected chi connectivity index (χ0v) is 35.7. The maximum atomic E-state index is 12.2. The molecule has 0 aliphatic rings. The van der Waals surface area contributed by atoms with Crippen molar-refractivity contribution in [2.45, 2.75) is 114 Å². The van der Waals surface area contributed by atoms with Crippen LogP contribution in [0.4, 0.5) is 0 Å². The number of ketones is 1. The van der Waals surface area contributed by atoms with Crippen LogP contribution < -0.4 is 0 Å². The summed E-state index contributed by atoms with van der Waals surface area (Å²) in [5.74, 6) is 0.935. The molecule has 5 rings (SSSR count). The van der Waals surface area contributed by atoms with Gasteiger partial charge < -0.3 is 5.11 Å². The topological polar surface area (TPSA) is 63.1 Å². The normalized spacial score (nSPS) is 12.5. The summed E-state index contributed by atoms with van der Waals surface area (Å²) in [6.07, 6.45) is 9.74. The minimum Gasteiger partial charge on any atom is -0.512 e. The van der Waals surface area contributed by atoms with Crippen LogP contribution in [-0.4, -0.2) is 20.9 Å². The number of carbonyl (C=O) groups is 1. The van der Waals surface area contributed by atoms with Crippen molar-refractivity contribution in [1.82, 2.24) is 9.97 Å². The van der Waals surface area contributed by atoms with Gasteiger partial charge in [-0.05, 0) is 67.2 Å². The Labute approximate surface area is 324 Å². The zero-order valence-electron chi connectivity index (χ0n) is 32.5. The zero-order chi connectivity index (χ0) is 36.9. The first-order valence-electron chi connectivity index (χ1n) is 18.3. The number of pyridine rings is 2. The van der Waals surface area contributed by atoms with Crippen LogP contribution in [0.15, 0.2) is 78.8 Å². The first-order chi connectivity index (χ1) is 23.6. The summed E-state index contributed by atoms with van der Waals surface area (Å²) in [5, 5.41) is 12.5. The van der Waals surface area contributed by atoms with Crippen molar-refractivity contribution in [3.05, 3.63) is 95.3 Å². The summed E-state index contributed by atoms with van der Waals surface area (Å²) in [4.78, 5) is 23.1. The molecular weight excluding hydrogens is 825 g/mol. The molecule has 0 atom stereocenters. The molecule has 0 unspecified atom stereocenters. The SMILES string of the molecule is CC(C)Cc1cc2ncc(-c3ccnc(-c4[c-]c5ccccc5c(C(C)(C)C)c4)c3)cc2s1.CCC(C)(CC)C(=O)/C=C(\O)C(C)(CC)CC.[Ir]. The van der Waals surface area contributed by atoms with Gasteiger partial charge in [0.2, 0.25) is 0 Å². The summed E-state index contributed by atoms with van der Waals surface area (Å²) in [6.45, 7) is 23.4. The largest absolute Gasteiger partial charge is 0.512 e. The first-order valence-corrected chi connectivity index (χ1v) is 19.2. The second kappa shape index (κ2) is 17.6. The van der Waals surface area contributed by atoms with E-state index in [4.69, 9.17) is 9.97 Å². The minimum absolute atomic E-state index is 0. The molecule has 4 nitrogen and oxygen atoms in total. The van der Waals surface area contributed by atoms with Crippen LogP contribution >= 0.6 is 11.3 Å². The number of thiophene rings is 1. The molecule has 2 aromatic carbocycles. The summed E-state index contributed by atoms with van der Waals surface area (Å²) in [5.41, 5.74) is 6.07. The minimum atomic E-state index is -0.337. The van der Waals surface area contributed by atoms with Crippen molar-refractivity contribution in [2.24, 2.45) is 16.7 Å². The van der Waals surface area contributed by atoms with Crippen LogP contribution in [0.3, 0.4) is 0 Å². The Hall–Kier alpha value is -3.18. The van der Waals surface area contributed by atoms with Crippen LogP contribution in [0, 0.1) is 22.8 Å².